The lowest BCUT2D eigenvalue weighted by Crippen LogP contribution is -2.52. The molecule has 4 rings (SSSR count). The van der Waals surface area contributed by atoms with E-state index in [9.17, 15) is 9.59 Å². The summed E-state index contributed by atoms with van der Waals surface area (Å²) in [6.07, 6.45) is 7.07. The van der Waals surface area contributed by atoms with Crippen LogP contribution in [0.3, 0.4) is 0 Å². The van der Waals surface area contributed by atoms with Gasteiger partial charge in [0.05, 0.1) is 5.70 Å². The Bertz CT molecular complexity index is 750. The molecule has 26 heavy (non-hydrogen) atoms. The zero-order valence-corrected chi connectivity index (χ0v) is 16.1. The molecule has 0 amide bonds. The van der Waals surface area contributed by atoms with Gasteiger partial charge in [0.15, 0.2) is 5.78 Å². The van der Waals surface area contributed by atoms with Crippen molar-refractivity contribution >= 4 is 11.6 Å². The number of ketones is 2. The van der Waals surface area contributed by atoms with E-state index in [-0.39, 0.29) is 16.6 Å². The third-order valence-electron chi connectivity index (χ3n) is 8.61. The summed E-state index contributed by atoms with van der Waals surface area (Å²) < 4.78 is 0. The molecule has 0 heterocycles. The van der Waals surface area contributed by atoms with E-state index in [1.807, 2.05) is 0 Å². The SMILES string of the molecule is CC[C@H]1CC(=O)[C@@]2(C)CC[C@H]3[C@@H](CCC4=C(N=[N+]=[N-])C(=O)CC[C@@]43C)[C@H]12. The van der Waals surface area contributed by atoms with Crippen LogP contribution >= 0.6 is 0 Å². The fourth-order valence-electron chi connectivity index (χ4n) is 7.29. The predicted molar refractivity (Wildman–Crippen MR) is 99.0 cm³/mol. The van der Waals surface area contributed by atoms with E-state index in [0.29, 0.717) is 41.6 Å². The topological polar surface area (TPSA) is 82.9 Å². The Balaban J connectivity index is 1.77. The van der Waals surface area contributed by atoms with Crippen LogP contribution in [0.1, 0.15) is 72.1 Å². The Morgan fingerprint density at radius 1 is 1.15 bits per heavy atom. The van der Waals surface area contributed by atoms with E-state index in [2.05, 4.69) is 30.8 Å². The van der Waals surface area contributed by atoms with Crippen molar-refractivity contribution < 1.29 is 9.59 Å². The molecule has 0 unspecified atom stereocenters. The fraction of sp³-hybridized carbons (Fsp3) is 0.810. The van der Waals surface area contributed by atoms with Crippen LogP contribution in [0, 0.1) is 34.5 Å². The van der Waals surface area contributed by atoms with Crippen LogP contribution in [0.5, 0.6) is 0 Å². The number of carbonyl (C=O) groups excluding carboxylic acids is 2. The quantitative estimate of drug-likeness (QED) is 0.379. The van der Waals surface area contributed by atoms with Crippen molar-refractivity contribution in [2.24, 2.45) is 39.6 Å². The zero-order chi connectivity index (χ0) is 18.7. The maximum Gasteiger partial charge on any atom is 0.165 e. The number of azide groups is 1. The number of rotatable bonds is 2. The van der Waals surface area contributed by atoms with E-state index < -0.39 is 0 Å². The van der Waals surface area contributed by atoms with Gasteiger partial charge in [0.25, 0.3) is 0 Å². The molecule has 5 nitrogen and oxygen atoms in total. The fourth-order valence-corrected chi connectivity index (χ4v) is 7.29. The van der Waals surface area contributed by atoms with E-state index >= 15 is 0 Å². The average Bonchev–Trinajstić information content (AvgIpc) is 2.89. The van der Waals surface area contributed by atoms with Gasteiger partial charge in [-0.05, 0) is 66.7 Å². The minimum absolute atomic E-state index is 0.0110. The maximum atomic E-state index is 12.8. The number of nitrogens with zero attached hydrogens (tertiary/aromatic N) is 3. The van der Waals surface area contributed by atoms with Gasteiger partial charge >= 0.3 is 0 Å². The Morgan fingerprint density at radius 2 is 1.92 bits per heavy atom. The summed E-state index contributed by atoms with van der Waals surface area (Å²) in [6.45, 7) is 6.73. The minimum atomic E-state index is -0.141. The first kappa shape index (κ1) is 17.8. The Kier molecular flexibility index (Phi) is 4.07. The predicted octanol–water partition coefficient (Wildman–Crippen LogP) is 5.36. The smallest absolute Gasteiger partial charge is 0.165 e. The molecule has 0 N–H and O–H groups in total. The summed E-state index contributed by atoms with van der Waals surface area (Å²) >= 11 is 0. The molecular formula is C21H29N3O2. The van der Waals surface area contributed by atoms with Crippen LogP contribution in [0.2, 0.25) is 0 Å². The van der Waals surface area contributed by atoms with Crippen molar-refractivity contribution in [3.63, 3.8) is 0 Å². The van der Waals surface area contributed by atoms with Gasteiger partial charge in [0.2, 0.25) is 0 Å². The second kappa shape index (κ2) is 5.95. The van der Waals surface area contributed by atoms with E-state index in [0.717, 1.165) is 50.5 Å². The van der Waals surface area contributed by atoms with Crippen LogP contribution in [0.15, 0.2) is 16.4 Å². The Labute approximate surface area is 155 Å². The number of carbonyl (C=O) groups is 2. The van der Waals surface area contributed by atoms with Gasteiger partial charge < -0.3 is 0 Å². The molecule has 0 aromatic carbocycles. The second-order valence-corrected chi connectivity index (χ2v) is 9.44. The largest absolute Gasteiger partial charge is 0.299 e. The van der Waals surface area contributed by atoms with Crippen molar-refractivity contribution in [2.45, 2.75) is 72.1 Å². The highest BCUT2D eigenvalue weighted by Gasteiger charge is 2.61. The molecule has 0 aromatic heterocycles. The van der Waals surface area contributed by atoms with E-state index in [1.165, 1.54) is 0 Å². The third kappa shape index (κ3) is 2.19. The molecule has 0 saturated heterocycles. The molecule has 0 radical (unpaired) electrons. The van der Waals surface area contributed by atoms with E-state index in [1.54, 1.807) is 0 Å². The number of fused-ring (bicyclic) bond motifs is 5. The molecule has 4 aliphatic rings. The summed E-state index contributed by atoms with van der Waals surface area (Å²) in [5.74, 6) is 2.54. The summed E-state index contributed by atoms with van der Waals surface area (Å²) in [4.78, 5) is 28.1. The monoisotopic (exact) mass is 355 g/mol. The lowest BCUT2D eigenvalue weighted by atomic mass is 9.46. The maximum absolute atomic E-state index is 12.8. The van der Waals surface area contributed by atoms with Gasteiger partial charge in [-0.3, -0.25) is 9.59 Å². The van der Waals surface area contributed by atoms with Crippen molar-refractivity contribution in [1.29, 1.82) is 0 Å². The third-order valence-corrected chi connectivity index (χ3v) is 8.61. The molecular weight excluding hydrogens is 326 g/mol. The number of allylic oxidation sites excluding steroid dienone is 1. The Morgan fingerprint density at radius 3 is 2.62 bits per heavy atom. The Hall–Kier alpha value is -1.61. The molecule has 5 heteroatoms. The van der Waals surface area contributed by atoms with Crippen LogP contribution in [0.4, 0.5) is 0 Å². The summed E-state index contributed by atoms with van der Waals surface area (Å²) in [7, 11) is 0. The lowest BCUT2D eigenvalue weighted by Gasteiger charge is -2.58. The van der Waals surface area contributed by atoms with Crippen LogP contribution < -0.4 is 0 Å². The van der Waals surface area contributed by atoms with Crippen molar-refractivity contribution in [3.05, 3.63) is 21.7 Å². The number of hydrogen-bond acceptors (Lipinski definition) is 3. The van der Waals surface area contributed by atoms with Crippen molar-refractivity contribution in [2.75, 3.05) is 0 Å². The molecule has 140 valence electrons. The van der Waals surface area contributed by atoms with Crippen molar-refractivity contribution in [1.82, 2.24) is 0 Å². The molecule has 6 atom stereocenters. The highest BCUT2D eigenvalue weighted by Crippen LogP contribution is 2.66. The molecule has 0 bridgehead atoms. The van der Waals surface area contributed by atoms with Gasteiger partial charge in [-0.25, -0.2) is 0 Å². The van der Waals surface area contributed by atoms with Crippen molar-refractivity contribution in [3.8, 4) is 0 Å². The lowest BCUT2D eigenvalue weighted by molar-refractivity contribution is -0.133. The first-order valence-electron chi connectivity index (χ1n) is 10.2. The van der Waals surface area contributed by atoms with Gasteiger partial charge in [0.1, 0.15) is 5.78 Å². The molecule has 0 spiro atoms. The van der Waals surface area contributed by atoms with Gasteiger partial charge in [-0.2, -0.15) is 0 Å². The first-order chi connectivity index (χ1) is 12.4. The zero-order valence-electron chi connectivity index (χ0n) is 16.1. The summed E-state index contributed by atoms with van der Waals surface area (Å²) in [6, 6.07) is 0. The summed E-state index contributed by atoms with van der Waals surface area (Å²) in [5, 5.41) is 3.81. The average molecular weight is 355 g/mol. The highest BCUT2D eigenvalue weighted by atomic mass is 16.1. The highest BCUT2D eigenvalue weighted by molar-refractivity contribution is 5.97. The number of Topliss-reactive ketones (excluding diaryl/α,β-unsaturated/α-hetero) is 2. The molecule has 0 aliphatic heterocycles. The second-order valence-electron chi connectivity index (χ2n) is 9.44. The molecule has 0 aromatic rings. The normalized spacial score (nSPS) is 44.9. The summed E-state index contributed by atoms with van der Waals surface area (Å²) in [5.41, 5.74) is 10.2. The molecule has 3 saturated carbocycles. The standard InChI is InChI=1S/C21H29N3O2/c1-4-12-11-17(26)21(3)9-7-14-13(18(12)21)5-6-15-19(23-24-22)16(25)8-10-20(14,15)2/h12-14,18H,4-11H2,1-3H3/t12-,13+,14-,18-,20+,21+/m0/s1. The molecule has 4 aliphatic carbocycles. The van der Waals surface area contributed by atoms with Crippen LogP contribution in [0.25, 0.3) is 10.4 Å². The molecule has 3 fully saturated rings. The first-order valence-corrected chi connectivity index (χ1v) is 10.2. The van der Waals surface area contributed by atoms with Crippen LogP contribution in [-0.2, 0) is 9.59 Å². The van der Waals surface area contributed by atoms with Gasteiger partial charge in [0, 0.05) is 23.2 Å². The van der Waals surface area contributed by atoms with Gasteiger partial charge in [-0.15, -0.1) is 0 Å². The number of hydrogen-bond donors (Lipinski definition) is 0. The van der Waals surface area contributed by atoms with E-state index in [4.69, 9.17) is 5.53 Å². The van der Waals surface area contributed by atoms with Crippen LogP contribution in [-0.4, -0.2) is 11.6 Å². The minimum Gasteiger partial charge on any atom is -0.299 e. The van der Waals surface area contributed by atoms with Gasteiger partial charge in [-0.1, -0.05) is 37.9 Å².